The molecule has 1 aliphatic carbocycles. The summed E-state index contributed by atoms with van der Waals surface area (Å²) in [6.07, 6.45) is 11.8. The molecule has 2 unspecified atom stereocenters. The summed E-state index contributed by atoms with van der Waals surface area (Å²) in [7, 11) is 0. The average molecular weight is 259 g/mol. The Bertz CT molecular complexity index is 562. The second-order valence-corrected chi connectivity index (χ2v) is 5.38. The molecule has 0 saturated heterocycles. The minimum atomic E-state index is 0.494. The summed E-state index contributed by atoms with van der Waals surface area (Å²) in [5.74, 6) is 2.07. The maximum atomic E-state index is 5.86. The third kappa shape index (κ3) is 2.37. The molecule has 3 rings (SSSR count). The lowest BCUT2D eigenvalue weighted by atomic mass is 9.83. The van der Waals surface area contributed by atoms with Gasteiger partial charge in [0.1, 0.15) is 5.82 Å². The highest BCUT2D eigenvalue weighted by molar-refractivity contribution is 5.65. The van der Waals surface area contributed by atoms with Crippen LogP contribution >= 0.6 is 0 Å². The molecule has 5 heteroatoms. The molecule has 2 aromatic rings. The lowest BCUT2D eigenvalue weighted by molar-refractivity contribution is 0.317. The van der Waals surface area contributed by atoms with Gasteiger partial charge in [0.15, 0.2) is 11.5 Å². The van der Waals surface area contributed by atoms with Crippen molar-refractivity contribution < 1.29 is 0 Å². The first-order valence-electron chi connectivity index (χ1n) is 7.13. The lowest BCUT2D eigenvalue weighted by Gasteiger charge is -2.31. The minimum Gasteiger partial charge on any atom is -0.382 e. The van der Waals surface area contributed by atoms with Crippen molar-refractivity contribution in [2.24, 2.45) is 5.92 Å². The van der Waals surface area contributed by atoms with Gasteiger partial charge in [0.2, 0.25) is 0 Å². The van der Waals surface area contributed by atoms with Crippen molar-refractivity contribution in [3.05, 3.63) is 18.6 Å². The van der Waals surface area contributed by atoms with Crippen molar-refractivity contribution in [2.75, 3.05) is 11.1 Å². The molecule has 2 aromatic heterocycles. The molecule has 1 fully saturated rings. The summed E-state index contributed by atoms with van der Waals surface area (Å²) in [6, 6.07) is 0.494. The molecule has 0 bridgehead atoms. The Labute approximate surface area is 113 Å². The van der Waals surface area contributed by atoms with E-state index in [0.29, 0.717) is 11.9 Å². The molecule has 0 spiro atoms. The highest BCUT2D eigenvalue weighted by atomic mass is 15.1. The van der Waals surface area contributed by atoms with Crippen LogP contribution in [0, 0.1) is 5.92 Å². The summed E-state index contributed by atoms with van der Waals surface area (Å²) in [6.45, 7) is 2.27. The van der Waals surface area contributed by atoms with Crippen LogP contribution in [0.5, 0.6) is 0 Å². The number of nitrogens with two attached hydrogens (primary N) is 1. The fraction of sp³-hybridized carbons (Fsp3) is 0.571. The van der Waals surface area contributed by atoms with Crippen LogP contribution in [0.15, 0.2) is 18.6 Å². The van der Waals surface area contributed by atoms with Gasteiger partial charge >= 0.3 is 0 Å². The van der Waals surface area contributed by atoms with E-state index in [0.717, 1.165) is 17.4 Å². The van der Waals surface area contributed by atoms with Crippen LogP contribution in [0.25, 0.3) is 5.65 Å². The zero-order valence-electron chi connectivity index (χ0n) is 11.3. The van der Waals surface area contributed by atoms with E-state index in [1.165, 1.54) is 32.1 Å². The number of anilines is 2. The van der Waals surface area contributed by atoms with Crippen LogP contribution in [-0.4, -0.2) is 20.4 Å². The largest absolute Gasteiger partial charge is 0.382 e. The third-order valence-corrected chi connectivity index (χ3v) is 4.15. The second kappa shape index (κ2) is 5.07. The summed E-state index contributed by atoms with van der Waals surface area (Å²) in [5, 5.41) is 3.58. The van der Waals surface area contributed by atoms with E-state index in [4.69, 9.17) is 5.73 Å². The highest BCUT2D eigenvalue weighted by Gasteiger charge is 2.24. The van der Waals surface area contributed by atoms with Gasteiger partial charge in [-0.2, -0.15) is 0 Å². The SMILES string of the molecule is CCC1CCCCC1Nc1nc(N)cn2ccnc12. The molecule has 0 aliphatic heterocycles. The Morgan fingerprint density at radius 3 is 3.11 bits per heavy atom. The van der Waals surface area contributed by atoms with Crippen LogP contribution in [0.3, 0.4) is 0 Å². The monoisotopic (exact) mass is 259 g/mol. The zero-order chi connectivity index (χ0) is 13.2. The predicted molar refractivity (Wildman–Crippen MR) is 77.1 cm³/mol. The number of imidazole rings is 1. The Morgan fingerprint density at radius 1 is 1.42 bits per heavy atom. The molecule has 102 valence electrons. The maximum absolute atomic E-state index is 5.86. The molecule has 2 heterocycles. The van der Waals surface area contributed by atoms with Crippen molar-refractivity contribution in [1.29, 1.82) is 0 Å². The first kappa shape index (κ1) is 12.3. The highest BCUT2D eigenvalue weighted by Crippen LogP contribution is 2.29. The molecular weight excluding hydrogens is 238 g/mol. The summed E-state index contributed by atoms with van der Waals surface area (Å²) < 4.78 is 1.93. The topological polar surface area (TPSA) is 68.2 Å². The number of aromatic nitrogens is 3. The van der Waals surface area contributed by atoms with Gasteiger partial charge < -0.3 is 15.5 Å². The fourth-order valence-electron chi connectivity index (χ4n) is 3.11. The first-order valence-corrected chi connectivity index (χ1v) is 7.13. The third-order valence-electron chi connectivity index (χ3n) is 4.15. The van der Waals surface area contributed by atoms with Gasteiger partial charge in [0.25, 0.3) is 0 Å². The van der Waals surface area contributed by atoms with Crippen molar-refractivity contribution in [1.82, 2.24) is 14.4 Å². The van der Waals surface area contributed by atoms with Gasteiger partial charge in [-0.15, -0.1) is 0 Å². The number of nitrogen functional groups attached to an aromatic ring is 1. The Morgan fingerprint density at radius 2 is 2.26 bits per heavy atom. The first-order chi connectivity index (χ1) is 9.28. The molecule has 3 N–H and O–H groups in total. The number of rotatable bonds is 3. The smallest absolute Gasteiger partial charge is 0.180 e. The van der Waals surface area contributed by atoms with Gasteiger partial charge in [0.05, 0.1) is 6.20 Å². The van der Waals surface area contributed by atoms with E-state index in [1.807, 2.05) is 10.6 Å². The van der Waals surface area contributed by atoms with Gasteiger partial charge in [-0.1, -0.05) is 26.2 Å². The number of nitrogens with zero attached hydrogens (tertiary/aromatic N) is 3. The van der Waals surface area contributed by atoms with Crippen molar-refractivity contribution in [3.63, 3.8) is 0 Å². The average Bonchev–Trinajstić information content (AvgIpc) is 2.87. The molecular formula is C14H21N5. The molecule has 0 radical (unpaired) electrons. The van der Waals surface area contributed by atoms with Crippen LogP contribution < -0.4 is 11.1 Å². The Kier molecular flexibility index (Phi) is 3.27. The molecule has 2 atom stereocenters. The van der Waals surface area contributed by atoms with Gasteiger partial charge in [-0.05, 0) is 18.8 Å². The minimum absolute atomic E-state index is 0.494. The van der Waals surface area contributed by atoms with Crippen LogP contribution in [0.4, 0.5) is 11.6 Å². The molecule has 0 amide bonds. The number of hydrogen-bond donors (Lipinski definition) is 2. The van der Waals surface area contributed by atoms with E-state index in [-0.39, 0.29) is 0 Å². The van der Waals surface area contributed by atoms with Crippen LogP contribution in [0.1, 0.15) is 39.0 Å². The number of nitrogens with one attached hydrogen (secondary N) is 1. The Hall–Kier alpha value is -1.78. The molecule has 1 aliphatic rings. The van der Waals surface area contributed by atoms with Gasteiger partial charge in [-0.3, -0.25) is 0 Å². The van der Waals surface area contributed by atoms with E-state index in [2.05, 4.69) is 22.2 Å². The van der Waals surface area contributed by atoms with Crippen LogP contribution in [-0.2, 0) is 0 Å². The van der Waals surface area contributed by atoms with Gasteiger partial charge in [-0.25, -0.2) is 9.97 Å². The Balaban J connectivity index is 1.89. The molecule has 19 heavy (non-hydrogen) atoms. The van der Waals surface area contributed by atoms with Crippen molar-refractivity contribution in [2.45, 2.75) is 45.1 Å². The van der Waals surface area contributed by atoms with E-state index in [1.54, 1.807) is 12.4 Å². The van der Waals surface area contributed by atoms with E-state index in [9.17, 15) is 0 Å². The van der Waals surface area contributed by atoms with Crippen LogP contribution in [0.2, 0.25) is 0 Å². The van der Waals surface area contributed by atoms with Crippen molar-refractivity contribution in [3.8, 4) is 0 Å². The quantitative estimate of drug-likeness (QED) is 0.889. The zero-order valence-corrected chi connectivity index (χ0v) is 11.3. The fourth-order valence-corrected chi connectivity index (χ4v) is 3.11. The van der Waals surface area contributed by atoms with Gasteiger partial charge in [0, 0.05) is 18.4 Å². The summed E-state index contributed by atoms with van der Waals surface area (Å²) in [4.78, 5) is 8.78. The second-order valence-electron chi connectivity index (χ2n) is 5.38. The summed E-state index contributed by atoms with van der Waals surface area (Å²) in [5.41, 5.74) is 6.71. The maximum Gasteiger partial charge on any atom is 0.180 e. The number of hydrogen-bond acceptors (Lipinski definition) is 4. The summed E-state index contributed by atoms with van der Waals surface area (Å²) >= 11 is 0. The van der Waals surface area contributed by atoms with E-state index >= 15 is 0 Å². The lowest BCUT2D eigenvalue weighted by Crippen LogP contribution is -2.32. The normalized spacial score (nSPS) is 23.6. The molecule has 0 aromatic carbocycles. The molecule has 5 nitrogen and oxygen atoms in total. The molecule has 1 saturated carbocycles. The standard InChI is InChI=1S/C14H21N5/c1-2-10-5-3-4-6-11(10)17-13-14-16-7-8-19(14)9-12(15)18-13/h7-11H,2-6,15H2,1H3,(H,17,18). The van der Waals surface area contributed by atoms with E-state index < -0.39 is 0 Å². The van der Waals surface area contributed by atoms with Crippen molar-refractivity contribution >= 4 is 17.3 Å². The number of fused-ring (bicyclic) bond motifs is 1. The predicted octanol–water partition coefficient (Wildman–Crippen LogP) is 2.69.